The number of nitrogens with zero attached hydrogens (tertiary/aromatic N) is 1. The van der Waals surface area contributed by atoms with Gasteiger partial charge in [0.1, 0.15) is 5.03 Å². The van der Waals surface area contributed by atoms with Gasteiger partial charge in [-0.15, -0.1) is 0 Å². The van der Waals surface area contributed by atoms with Crippen molar-refractivity contribution in [3.05, 3.63) is 47.2 Å². The molecule has 0 bridgehead atoms. The first-order valence-corrected chi connectivity index (χ1v) is 7.62. The van der Waals surface area contributed by atoms with Gasteiger partial charge in [0.05, 0.1) is 5.56 Å². The number of anilines is 1. The molecule has 110 valence electrons. The largest absolute Gasteiger partial charge is 0.399 e. The second-order valence-electron chi connectivity index (χ2n) is 4.84. The zero-order valence-electron chi connectivity index (χ0n) is 12.4. The first-order valence-electron chi connectivity index (χ1n) is 6.80. The molecule has 0 radical (unpaired) electrons. The normalized spacial score (nSPS) is 10.4. The number of hydrogen-bond donors (Lipinski definition) is 2. The van der Waals surface area contributed by atoms with Crippen LogP contribution in [0.5, 0.6) is 0 Å². The van der Waals surface area contributed by atoms with Crippen LogP contribution in [0.3, 0.4) is 0 Å². The topological polar surface area (TPSA) is 68.0 Å². The molecule has 2 rings (SSSR count). The molecule has 0 fully saturated rings. The van der Waals surface area contributed by atoms with Crippen LogP contribution in [0.15, 0.2) is 40.3 Å². The van der Waals surface area contributed by atoms with E-state index in [0.717, 1.165) is 21.2 Å². The highest BCUT2D eigenvalue weighted by Gasteiger charge is 2.13. The zero-order chi connectivity index (χ0) is 15.4. The molecule has 21 heavy (non-hydrogen) atoms. The molecule has 0 saturated heterocycles. The average molecular weight is 301 g/mol. The Morgan fingerprint density at radius 2 is 2.05 bits per heavy atom. The van der Waals surface area contributed by atoms with Gasteiger partial charge >= 0.3 is 0 Å². The average Bonchev–Trinajstić information content (AvgIpc) is 2.37. The van der Waals surface area contributed by atoms with Crippen molar-refractivity contribution < 1.29 is 4.79 Å². The van der Waals surface area contributed by atoms with Gasteiger partial charge in [0, 0.05) is 22.8 Å². The minimum atomic E-state index is -0.0932. The van der Waals surface area contributed by atoms with Crippen molar-refractivity contribution in [2.45, 2.75) is 30.7 Å². The maximum Gasteiger partial charge on any atom is 0.252 e. The Morgan fingerprint density at radius 1 is 1.29 bits per heavy atom. The maximum atomic E-state index is 12.1. The van der Waals surface area contributed by atoms with Crippen molar-refractivity contribution in [3.63, 3.8) is 0 Å². The third-order valence-corrected chi connectivity index (χ3v) is 3.85. The lowest BCUT2D eigenvalue weighted by atomic mass is 10.2. The molecule has 0 saturated carbocycles. The molecule has 0 aliphatic rings. The summed E-state index contributed by atoms with van der Waals surface area (Å²) in [5, 5.41) is 3.68. The van der Waals surface area contributed by atoms with Crippen LogP contribution in [0.4, 0.5) is 5.69 Å². The third-order valence-electron chi connectivity index (χ3n) is 2.88. The summed E-state index contributed by atoms with van der Waals surface area (Å²) >= 11 is 1.46. The van der Waals surface area contributed by atoms with E-state index in [1.54, 1.807) is 12.1 Å². The van der Waals surface area contributed by atoms with Gasteiger partial charge in [0.25, 0.3) is 5.91 Å². The molecule has 3 N–H and O–H groups in total. The Hall–Kier alpha value is -2.01. The number of nitrogens with two attached hydrogens (primary N) is 1. The van der Waals surface area contributed by atoms with Gasteiger partial charge in [-0.3, -0.25) is 4.79 Å². The molecule has 1 amide bonds. The van der Waals surface area contributed by atoms with E-state index in [1.807, 2.05) is 39.0 Å². The lowest BCUT2D eigenvalue weighted by Gasteiger charge is -2.10. The van der Waals surface area contributed by atoms with Crippen molar-refractivity contribution in [2.24, 2.45) is 0 Å². The van der Waals surface area contributed by atoms with Crippen LogP contribution in [0.1, 0.15) is 28.5 Å². The molecule has 0 unspecified atom stereocenters. The SMILES string of the molecule is CCNC(=O)c1ccc(N)cc1Sc1cc(C)cc(C)n1. The number of pyridine rings is 1. The Kier molecular flexibility index (Phi) is 4.85. The number of hydrogen-bond acceptors (Lipinski definition) is 4. The minimum absolute atomic E-state index is 0.0932. The Labute approximate surface area is 129 Å². The fourth-order valence-corrected chi connectivity index (χ4v) is 3.16. The number of aromatic nitrogens is 1. The van der Waals surface area contributed by atoms with E-state index in [-0.39, 0.29) is 5.91 Å². The molecule has 0 spiro atoms. The molecule has 1 aromatic carbocycles. The Bertz CT molecular complexity index is 650. The summed E-state index contributed by atoms with van der Waals surface area (Å²) in [7, 11) is 0. The van der Waals surface area contributed by atoms with Gasteiger partial charge in [-0.05, 0) is 56.7 Å². The Morgan fingerprint density at radius 3 is 2.71 bits per heavy atom. The number of carbonyl (C=O) groups excluding carboxylic acids is 1. The number of aryl methyl sites for hydroxylation is 2. The van der Waals surface area contributed by atoms with Crippen molar-refractivity contribution in [2.75, 3.05) is 12.3 Å². The second kappa shape index (κ2) is 6.63. The monoisotopic (exact) mass is 301 g/mol. The summed E-state index contributed by atoms with van der Waals surface area (Å²) in [5.41, 5.74) is 9.21. The van der Waals surface area contributed by atoms with E-state index in [1.165, 1.54) is 11.8 Å². The lowest BCUT2D eigenvalue weighted by molar-refractivity contribution is 0.0953. The number of carbonyl (C=O) groups is 1. The highest BCUT2D eigenvalue weighted by Crippen LogP contribution is 2.31. The maximum absolute atomic E-state index is 12.1. The number of nitrogen functional groups attached to an aromatic ring is 1. The molecular weight excluding hydrogens is 282 g/mol. The van der Waals surface area contributed by atoms with Gasteiger partial charge in [0.2, 0.25) is 0 Å². The fraction of sp³-hybridized carbons (Fsp3) is 0.250. The van der Waals surface area contributed by atoms with E-state index in [2.05, 4.69) is 10.3 Å². The quantitative estimate of drug-likeness (QED) is 0.851. The molecule has 1 aromatic heterocycles. The third kappa shape index (κ3) is 3.98. The van der Waals surface area contributed by atoms with Gasteiger partial charge in [-0.25, -0.2) is 4.98 Å². The van der Waals surface area contributed by atoms with Crippen LogP contribution >= 0.6 is 11.8 Å². The summed E-state index contributed by atoms with van der Waals surface area (Å²) in [4.78, 5) is 17.4. The van der Waals surface area contributed by atoms with E-state index >= 15 is 0 Å². The summed E-state index contributed by atoms with van der Waals surface area (Å²) in [6.07, 6.45) is 0. The van der Waals surface area contributed by atoms with Crippen LogP contribution in [0, 0.1) is 13.8 Å². The number of nitrogens with one attached hydrogen (secondary N) is 1. The zero-order valence-corrected chi connectivity index (χ0v) is 13.3. The van der Waals surface area contributed by atoms with E-state index in [9.17, 15) is 4.79 Å². The Balaban J connectivity index is 2.38. The number of benzene rings is 1. The van der Waals surface area contributed by atoms with Crippen LogP contribution in [0.25, 0.3) is 0 Å². The molecule has 0 aliphatic heterocycles. The smallest absolute Gasteiger partial charge is 0.252 e. The van der Waals surface area contributed by atoms with Crippen molar-refractivity contribution in [1.29, 1.82) is 0 Å². The standard InChI is InChI=1S/C16H19N3OS/c1-4-18-16(20)13-6-5-12(17)9-14(13)21-15-8-10(2)7-11(3)19-15/h5-9H,4,17H2,1-3H3,(H,18,20). The summed E-state index contributed by atoms with van der Waals surface area (Å²) in [6, 6.07) is 9.33. The molecular formula is C16H19N3OS. The highest BCUT2D eigenvalue weighted by atomic mass is 32.2. The lowest BCUT2D eigenvalue weighted by Crippen LogP contribution is -2.23. The fourth-order valence-electron chi connectivity index (χ4n) is 2.04. The minimum Gasteiger partial charge on any atom is -0.399 e. The molecule has 0 aliphatic carbocycles. The molecule has 2 aromatic rings. The van der Waals surface area contributed by atoms with Crippen LogP contribution in [-0.4, -0.2) is 17.4 Å². The van der Waals surface area contributed by atoms with E-state index < -0.39 is 0 Å². The number of rotatable bonds is 4. The van der Waals surface area contributed by atoms with Crippen LogP contribution in [0.2, 0.25) is 0 Å². The van der Waals surface area contributed by atoms with Gasteiger partial charge in [-0.1, -0.05) is 11.8 Å². The van der Waals surface area contributed by atoms with Gasteiger partial charge < -0.3 is 11.1 Å². The predicted molar refractivity (Wildman–Crippen MR) is 86.7 cm³/mol. The molecule has 4 nitrogen and oxygen atoms in total. The molecule has 5 heteroatoms. The highest BCUT2D eigenvalue weighted by molar-refractivity contribution is 7.99. The molecule has 1 heterocycles. The number of amides is 1. The van der Waals surface area contributed by atoms with Gasteiger partial charge in [0.15, 0.2) is 0 Å². The summed E-state index contributed by atoms with van der Waals surface area (Å²) in [5.74, 6) is -0.0932. The second-order valence-corrected chi connectivity index (χ2v) is 5.90. The first kappa shape index (κ1) is 15.4. The summed E-state index contributed by atoms with van der Waals surface area (Å²) < 4.78 is 0. The van der Waals surface area contributed by atoms with Crippen molar-refractivity contribution in [3.8, 4) is 0 Å². The van der Waals surface area contributed by atoms with E-state index in [4.69, 9.17) is 5.73 Å². The summed E-state index contributed by atoms with van der Waals surface area (Å²) in [6.45, 7) is 6.48. The van der Waals surface area contributed by atoms with Crippen LogP contribution in [-0.2, 0) is 0 Å². The van der Waals surface area contributed by atoms with E-state index in [0.29, 0.717) is 17.8 Å². The van der Waals surface area contributed by atoms with Crippen LogP contribution < -0.4 is 11.1 Å². The van der Waals surface area contributed by atoms with Gasteiger partial charge in [-0.2, -0.15) is 0 Å². The van der Waals surface area contributed by atoms with Crippen molar-refractivity contribution in [1.82, 2.24) is 10.3 Å². The van der Waals surface area contributed by atoms with Crippen molar-refractivity contribution >= 4 is 23.4 Å². The first-order chi connectivity index (χ1) is 9.99. The predicted octanol–water partition coefficient (Wildman–Crippen LogP) is 3.18. The molecule has 0 atom stereocenters.